The number of carbonyl (C=O) groups excluding carboxylic acids is 1. The van der Waals surface area contributed by atoms with Crippen molar-refractivity contribution < 1.29 is 4.79 Å². The van der Waals surface area contributed by atoms with Gasteiger partial charge in [-0.25, -0.2) is 0 Å². The van der Waals surface area contributed by atoms with Crippen molar-refractivity contribution in [3.05, 3.63) is 30.0 Å². The van der Waals surface area contributed by atoms with Crippen LogP contribution < -0.4 is 5.32 Å². The summed E-state index contributed by atoms with van der Waals surface area (Å²) in [5.74, 6) is 0.599. The molecule has 1 fully saturated rings. The fraction of sp³-hybridized carbons (Fsp3) is 0.438. The summed E-state index contributed by atoms with van der Waals surface area (Å²) in [6.45, 7) is 1.54. The monoisotopic (exact) mass is 271 g/mol. The largest absolute Gasteiger partial charge is 0.361 e. The zero-order chi connectivity index (χ0) is 14.3. The highest BCUT2D eigenvalue weighted by Crippen LogP contribution is 2.42. The molecule has 0 atom stereocenters. The molecule has 4 nitrogen and oxygen atoms in total. The molecule has 2 N–H and O–H groups in total. The number of hydrogen-bond donors (Lipinski definition) is 2. The number of fused-ring (bicyclic) bond motifs is 1. The Morgan fingerprint density at radius 2 is 2.10 bits per heavy atom. The van der Waals surface area contributed by atoms with E-state index in [1.54, 1.807) is 0 Å². The SMILES string of the molecule is CC(=O)Nc1ccc2[nH]cc(C3CC(N(C)C)C3)c2c1. The van der Waals surface area contributed by atoms with Crippen LogP contribution in [0.25, 0.3) is 10.9 Å². The summed E-state index contributed by atoms with van der Waals surface area (Å²) in [7, 11) is 4.29. The number of amides is 1. The van der Waals surface area contributed by atoms with E-state index in [-0.39, 0.29) is 5.91 Å². The van der Waals surface area contributed by atoms with Crippen LogP contribution in [0.3, 0.4) is 0 Å². The second kappa shape index (κ2) is 4.94. The molecule has 106 valence electrons. The lowest BCUT2D eigenvalue weighted by atomic mass is 9.75. The highest BCUT2D eigenvalue weighted by atomic mass is 16.1. The first-order chi connectivity index (χ1) is 9.54. The molecule has 0 radical (unpaired) electrons. The Kier molecular flexibility index (Phi) is 3.26. The van der Waals surface area contributed by atoms with Crippen molar-refractivity contribution in [3.63, 3.8) is 0 Å². The number of H-pyrrole nitrogens is 1. The lowest BCUT2D eigenvalue weighted by molar-refractivity contribution is -0.114. The summed E-state index contributed by atoms with van der Waals surface area (Å²) < 4.78 is 0. The molecule has 2 aromatic rings. The molecule has 20 heavy (non-hydrogen) atoms. The Bertz CT molecular complexity index is 638. The van der Waals surface area contributed by atoms with Crippen LogP contribution >= 0.6 is 0 Å². The van der Waals surface area contributed by atoms with Crippen molar-refractivity contribution in [3.8, 4) is 0 Å². The molecule has 0 spiro atoms. The third-order valence-electron chi connectivity index (χ3n) is 4.32. The van der Waals surface area contributed by atoms with E-state index in [9.17, 15) is 4.79 Å². The van der Waals surface area contributed by atoms with Gasteiger partial charge in [0.05, 0.1) is 0 Å². The second-order valence-electron chi connectivity index (χ2n) is 5.97. The average Bonchev–Trinajstić information content (AvgIpc) is 2.69. The molecule has 0 saturated heterocycles. The number of aromatic amines is 1. The van der Waals surface area contributed by atoms with Gasteiger partial charge in [0.1, 0.15) is 0 Å². The predicted molar refractivity (Wildman–Crippen MR) is 82.1 cm³/mol. The van der Waals surface area contributed by atoms with E-state index in [0.29, 0.717) is 12.0 Å². The van der Waals surface area contributed by atoms with Gasteiger partial charge in [-0.05, 0) is 56.6 Å². The maximum Gasteiger partial charge on any atom is 0.221 e. The molecule has 3 rings (SSSR count). The molecule has 1 aromatic carbocycles. The Morgan fingerprint density at radius 1 is 1.35 bits per heavy atom. The first-order valence-electron chi connectivity index (χ1n) is 7.09. The van der Waals surface area contributed by atoms with Gasteiger partial charge in [-0.2, -0.15) is 0 Å². The number of aromatic nitrogens is 1. The molecule has 4 heteroatoms. The Balaban J connectivity index is 1.86. The molecular weight excluding hydrogens is 250 g/mol. The second-order valence-corrected chi connectivity index (χ2v) is 5.97. The van der Waals surface area contributed by atoms with Crippen molar-refractivity contribution in [2.24, 2.45) is 0 Å². The molecule has 1 saturated carbocycles. The van der Waals surface area contributed by atoms with Crippen LogP contribution in [0.4, 0.5) is 5.69 Å². The number of nitrogens with zero attached hydrogens (tertiary/aromatic N) is 1. The fourth-order valence-electron chi connectivity index (χ4n) is 3.02. The molecule has 1 aliphatic carbocycles. The zero-order valence-corrected chi connectivity index (χ0v) is 12.2. The topological polar surface area (TPSA) is 48.1 Å². The first kappa shape index (κ1) is 13.2. The van der Waals surface area contributed by atoms with Crippen molar-refractivity contribution in [1.29, 1.82) is 0 Å². The van der Waals surface area contributed by atoms with E-state index >= 15 is 0 Å². The first-order valence-corrected chi connectivity index (χ1v) is 7.09. The van der Waals surface area contributed by atoms with Crippen LogP contribution in [0, 0.1) is 0 Å². The molecule has 0 unspecified atom stereocenters. The maximum absolute atomic E-state index is 11.2. The van der Waals surface area contributed by atoms with Gasteiger partial charge in [-0.15, -0.1) is 0 Å². The van der Waals surface area contributed by atoms with Gasteiger partial charge in [0.2, 0.25) is 5.91 Å². The number of nitrogens with one attached hydrogen (secondary N) is 2. The lowest BCUT2D eigenvalue weighted by Crippen LogP contribution is -2.39. The molecule has 0 bridgehead atoms. The van der Waals surface area contributed by atoms with E-state index in [4.69, 9.17) is 0 Å². The van der Waals surface area contributed by atoms with Crippen LogP contribution in [0.15, 0.2) is 24.4 Å². The van der Waals surface area contributed by atoms with E-state index in [1.165, 1.54) is 30.7 Å². The quantitative estimate of drug-likeness (QED) is 0.901. The molecule has 1 aromatic heterocycles. The number of anilines is 1. The summed E-state index contributed by atoms with van der Waals surface area (Å²) >= 11 is 0. The zero-order valence-electron chi connectivity index (χ0n) is 12.2. The summed E-state index contributed by atoms with van der Waals surface area (Å²) in [5.41, 5.74) is 3.39. The van der Waals surface area contributed by atoms with E-state index in [2.05, 4.69) is 41.6 Å². The van der Waals surface area contributed by atoms with Gasteiger partial charge in [-0.3, -0.25) is 4.79 Å². The minimum absolute atomic E-state index is 0.0299. The van der Waals surface area contributed by atoms with E-state index < -0.39 is 0 Å². The van der Waals surface area contributed by atoms with Crippen LogP contribution in [0.2, 0.25) is 0 Å². The number of rotatable bonds is 3. The summed E-state index contributed by atoms with van der Waals surface area (Å²) in [6, 6.07) is 6.74. The number of carbonyl (C=O) groups is 1. The van der Waals surface area contributed by atoms with Crippen LogP contribution in [-0.4, -0.2) is 35.9 Å². The third kappa shape index (κ3) is 2.31. The predicted octanol–water partition coefficient (Wildman–Crippen LogP) is 2.93. The number of benzene rings is 1. The molecule has 1 amide bonds. The highest BCUT2D eigenvalue weighted by molar-refractivity contribution is 5.93. The van der Waals surface area contributed by atoms with Crippen LogP contribution in [0.1, 0.15) is 31.2 Å². The molecule has 1 aliphatic rings. The van der Waals surface area contributed by atoms with Gasteiger partial charge >= 0.3 is 0 Å². The van der Waals surface area contributed by atoms with Crippen molar-refractivity contribution in [2.45, 2.75) is 31.7 Å². The van der Waals surface area contributed by atoms with Crippen LogP contribution in [-0.2, 0) is 4.79 Å². The van der Waals surface area contributed by atoms with Crippen LogP contribution in [0.5, 0.6) is 0 Å². The molecule has 0 aliphatic heterocycles. The normalized spacial score (nSPS) is 22.0. The maximum atomic E-state index is 11.2. The Labute approximate surface area is 119 Å². The smallest absolute Gasteiger partial charge is 0.221 e. The van der Waals surface area contributed by atoms with Gasteiger partial charge < -0.3 is 15.2 Å². The van der Waals surface area contributed by atoms with Gasteiger partial charge in [0.25, 0.3) is 0 Å². The third-order valence-corrected chi connectivity index (χ3v) is 4.32. The van der Waals surface area contributed by atoms with Gasteiger partial charge in [0, 0.05) is 35.8 Å². The Hall–Kier alpha value is -1.81. The van der Waals surface area contributed by atoms with Gasteiger partial charge in [-0.1, -0.05) is 0 Å². The fourth-order valence-corrected chi connectivity index (χ4v) is 3.02. The standard InChI is InChI=1S/C16H21N3O/c1-10(20)18-12-4-5-16-14(8-12)15(9-17-16)11-6-13(7-11)19(2)3/h4-5,8-9,11,13,17H,6-7H2,1-3H3,(H,18,20). The van der Waals surface area contributed by atoms with Crippen molar-refractivity contribution in [2.75, 3.05) is 19.4 Å². The summed E-state index contributed by atoms with van der Waals surface area (Å²) in [5, 5.41) is 4.09. The minimum Gasteiger partial charge on any atom is -0.361 e. The lowest BCUT2D eigenvalue weighted by Gasteiger charge is -2.39. The summed E-state index contributed by atoms with van der Waals surface area (Å²) in [6.07, 6.45) is 4.55. The minimum atomic E-state index is -0.0299. The van der Waals surface area contributed by atoms with Crippen molar-refractivity contribution in [1.82, 2.24) is 9.88 Å². The molecular formula is C16H21N3O. The van der Waals surface area contributed by atoms with Gasteiger partial charge in [0.15, 0.2) is 0 Å². The Morgan fingerprint density at radius 3 is 2.75 bits per heavy atom. The number of hydrogen-bond acceptors (Lipinski definition) is 2. The van der Waals surface area contributed by atoms with E-state index in [1.807, 2.05) is 12.1 Å². The van der Waals surface area contributed by atoms with Crippen molar-refractivity contribution >= 4 is 22.5 Å². The highest BCUT2D eigenvalue weighted by Gasteiger charge is 2.32. The summed E-state index contributed by atoms with van der Waals surface area (Å²) in [4.78, 5) is 16.8. The molecule has 1 heterocycles. The van der Waals surface area contributed by atoms with E-state index in [0.717, 1.165) is 11.2 Å². The average molecular weight is 271 g/mol.